The maximum atomic E-state index is 13.8. The van der Waals surface area contributed by atoms with Crippen LogP contribution in [0.15, 0.2) is 72.8 Å². The summed E-state index contributed by atoms with van der Waals surface area (Å²) in [6.45, 7) is 8.61. The fraction of sp³-hybridized carbons (Fsp3) is 0.267. The van der Waals surface area contributed by atoms with Gasteiger partial charge in [-0.05, 0) is 62.6 Å². The Morgan fingerprint density at radius 1 is 0.833 bits per heavy atom. The van der Waals surface area contributed by atoms with Crippen LogP contribution in [0.3, 0.4) is 0 Å². The van der Waals surface area contributed by atoms with E-state index in [2.05, 4.69) is 76.2 Å². The fourth-order valence-electron chi connectivity index (χ4n) is 4.13. The molecule has 0 aliphatic carbocycles. The SMILES string of the molecule is CSN(C)c1nc(-c2ccc(F)cc2)c(CP(c2ccc(C)cc2)c2ccc(C)cc2)c(C(C)C)n1. The Morgan fingerprint density at radius 2 is 1.36 bits per heavy atom. The molecule has 36 heavy (non-hydrogen) atoms. The highest BCUT2D eigenvalue weighted by atomic mass is 32.2. The minimum absolute atomic E-state index is 0.212. The van der Waals surface area contributed by atoms with Gasteiger partial charge in [0.05, 0.1) is 11.4 Å². The molecule has 0 radical (unpaired) electrons. The number of anilines is 1. The number of rotatable bonds is 8. The molecule has 3 aromatic carbocycles. The molecule has 0 N–H and O–H groups in total. The summed E-state index contributed by atoms with van der Waals surface area (Å²) in [5.41, 5.74) is 6.49. The van der Waals surface area contributed by atoms with Gasteiger partial charge in [-0.3, -0.25) is 4.31 Å². The number of aryl methyl sites for hydroxylation is 2. The first kappa shape index (κ1) is 26.3. The Bertz CT molecular complexity index is 1260. The van der Waals surface area contributed by atoms with Crippen molar-refractivity contribution < 1.29 is 4.39 Å². The number of aromatic nitrogens is 2. The van der Waals surface area contributed by atoms with Crippen molar-refractivity contribution in [2.24, 2.45) is 0 Å². The van der Waals surface area contributed by atoms with Crippen LogP contribution in [-0.4, -0.2) is 23.3 Å². The topological polar surface area (TPSA) is 29.0 Å². The summed E-state index contributed by atoms with van der Waals surface area (Å²) in [6, 6.07) is 24.5. The smallest absolute Gasteiger partial charge is 0.236 e. The van der Waals surface area contributed by atoms with Crippen LogP contribution < -0.4 is 14.9 Å². The van der Waals surface area contributed by atoms with Crippen LogP contribution in [0.25, 0.3) is 11.3 Å². The van der Waals surface area contributed by atoms with Crippen LogP contribution in [0.4, 0.5) is 10.3 Å². The molecular formula is C30H33FN3PS. The predicted molar refractivity (Wildman–Crippen MR) is 156 cm³/mol. The van der Waals surface area contributed by atoms with E-state index in [0.717, 1.165) is 28.7 Å². The van der Waals surface area contributed by atoms with E-state index in [0.29, 0.717) is 5.95 Å². The van der Waals surface area contributed by atoms with Crippen molar-refractivity contribution in [3.05, 3.63) is 101 Å². The average Bonchev–Trinajstić information content (AvgIpc) is 2.88. The molecule has 0 unspecified atom stereocenters. The summed E-state index contributed by atoms with van der Waals surface area (Å²) in [5.74, 6) is 0.634. The van der Waals surface area contributed by atoms with Gasteiger partial charge >= 0.3 is 0 Å². The zero-order valence-electron chi connectivity index (χ0n) is 21.8. The first-order valence-electron chi connectivity index (χ1n) is 12.1. The third-order valence-corrected chi connectivity index (χ3v) is 9.44. The van der Waals surface area contributed by atoms with Crippen molar-refractivity contribution in [3.63, 3.8) is 0 Å². The van der Waals surface area contributed by atoms with E-state index in [9.17, 15) is 4.39 Å². The second-order valence-corrected chi connectivity index (χ2v) is 12.5. The van der Waals surface area contributed by atoms with E-state index < -0.39 is 7.92 Å². The lowest BCUT2D eigenvalue weighted by molar-refractivity contribution is 0.628. The Morgan fingerprint density at radius 3 is 1.83 bits per heavy atom. The van der Waals surface area contributed by atoms with Crippen molar-refractivity contribution in [1.82, 2.24) is 9.97 Å². The van der Waals surface area contributed by atoms with Gasteiger partial charge < -0.3 is 0 Å². The van der Waals surface area contributed by atoms with Crippen molar-refractivity contribution >= 4 is 36.4 Å². The summed E-state index contributed by atoms with van der Waals surface area (Å²) in [7, 11) is 1.27. The van der Waals surface area contributed by atoms with Crippen molar-refractivity contribution in [2.75, 3.05) is 17.6 Å². The van der Waals surface area contributed by atoms with Crippen LogP contribution in [0.2, 0.25) is 0 Å². The number of nitrogens with zero attached hydrogens (tertiary/aromatic N) is 3. The quantitative estimate of drug-likeness (QED) is 0.180. The first-order valence-corrected chi connectivity index (χ1v) is 14.8. The van der Waals surface area contributed by atoms with Crippen LogP contribution in [-0.2, 0) is 6.16 Å². The maximum absolute atomic E-state index is 13.8. The van der Waals surface area contributed by atoms with E-state index in [1.165, 1.54) is 33.9 Å². The molecule has 6 heteroatoms. The van der Waals surface area contributed by atoms with E-state index >= 15 is 0 Å². The molecule has 1 aromatic heterocycles. The van der Waals surface area contributed by atoms with Gasteiger partial charge in [-0.15, -0.1) is 0 Å². The number of hydrogen-bond acceptors (Lipinski definition) is 4. The summed E-state index contributed by atoms with van der Waals surface area (Å²) >= 11 is 1.57. The van der Waals surface area contributed by atoms with Crippen LogP contribution >= 0.6 is 19.9 Å². The molecule has 186 valence electrons. The number of hydrogen-bond donors (Lipinski definition) is 0. The maximum Gasteiger partial charge on any atom is 0.236 e. The van der Waals surface area contributed by atoms with Crippen molar-refractivity contribution in [3.8, 4) is 11.3 Å². The zero-order valence-corrected chi connectivity index (χ0v) is 23.5. The summed E-state index contributed by atoms with van der Waals surface area (Å²) < 4.78 is 15.8. The third kappa shape index (κ3) is 5.96. The highest BCUT2D eigenvalue weighted by Crippen LogP contribution is 2.43. The molecule has 0 fully saturated rings. The van der Waals surface area contributed by atoms with Gasteiger partial charge in [-0.25, -0.2) is 14.4 Å². The minimum Gasteiger partial charge on any atom is -0.288 e. The first-order chi connectivity index (χ1) is 17.3. The Kier molecular flexibility index (Phi) is 8.43. The van der Waals surface area contributed by atoms with Gasteiger partial charge in [0.25, 0.3) is 0 Å². The molecule has 0 saturated heterocycles. The molecule has 0 bridgehead atoms. The largest absolute Gasteiger partial charge is 0.288 e. The lowest BCUT2D eigenvalue weighted by atomic mass is 9.99. The standard InChI is InChI=1S/C30H33FN3PS/c1-20(2)28-27(29(23-11-13-24(31)14-12-23)33-30(32-28)34(5)36-6)19-35(25-15-7-21(3)8-16-25)26-17-9-22(4)10-18-26/h7-18,20H,19H2,1-6H3. The normalized spacial score (nSPS) is 11.4. The molecule has 0 saturated carbocycles. The van der Waals surface area contributed by atoms with E-state index in [-0.39, 0.29) is 11.7 Å². The molecule has 0 amide bonds. The molecular weight excluding hydrogens is 484 g/mol. The monoisotopic (exact) mass is 517 g/mol. The zero-order chi connectivity index (χ0) is 25.8. The van der Waals surface area contributed by atoms with E-state index in [4.69, 9.17) is 9.97 Å². The third-order valence-electron chi connectivity index (χ3n) is 6.25. The Hall–Kier alpha value is -2.75. The van der Waals surface area contributed by atoms with Gasteiger partial charge in [-0.2, -0.15) is 0 Å². The summed E-state index contributed by atoms with van der Waals surface area (Å²) in [4.78, 5) is 10.1. The van der Waals surface area contributed by atoms with Crippen LogP contribution in [0.1, 0.15) is 42.1 Å². The van der Waals surface area contributed by atoms with Gasteiger partial charge in [-0.1, -0.05) is 85.5 Å². The van der Waals surface area contributed by atoms with E-state index in [1.54, 1.807) is 11.9 Å². The van der Waals surface area contributed by atoms with Crippen LogP contribution in [0.5, 0.6) is 0 Å². The molecule has 4 aromatic rings. The van der Waals surface area contributed by atoms with Crippen LogP contribution in [0, 0.1) is 19.7 Å². The lowest BCUT2D eigenvalue weighted by Gasteiger charge is -2.25. The average molecular weight is 518 g/mol. The molecule has 0 aliphatic rings. The summed E-state index contributed by atoms with van der Waals surface area (Å²) in [6.07, 6.45) is 2.82. The molecule has 3 nitrogen and oxygen atoms in total. The fourth-order valence-corrected chi connectivity index (χ4v) is 6.68. The summed E-state index contributed by atoms with van der Waals surface area (Å²) in [5, 5.41) is 2.65. The van der Waals surface area contributed by atoms with Gasteiger partial charge in [0.1, 0.15) is 5.82 Å². The van der Waals surface area contributed by atoms with Gasteiger partial charge in [0, 0.05) is 30.6 Å². The minimum atomic E-state index is -0.707. The molecule has 0 aliphatic heterocycles. The Labute approximate surface area is 220 Å². The second kappa shape index (κ2) is 11.5. The van der Waals surface area contributed by atoms with Gasteiger partial charge in [0.2, 0.25) is 5.95 Å². The van der Waals surface area contributed by atoms with Crippen molar-refractivity contribution in [1.29, 1.82) is 0 Å². The lowest BCUT2D eigenvalue weighted by Crippen LogP contribution is -2.18. The highest BCUT2D eigenvalue weighted by molar-refractivity contribution is 7.99. The number of halogens is 1. The second-order valence-electron chi connectivity index (χ2n) is 9.33. The molecule has 1 heterocycles. The Balaban J connectivity index is 1.93. The number of benzene rings is 3. The predicted octanol–water partition coefficient (Wildman–Crippen LogP) is 7.37. The molecule has 4 rings (SSSR count). The highest BCUT2D eigenvalue weighted by Gasteiger charge is 2.24. The van der Waals surface area contributed by atoms with Crippen molar-refractivity contribution in [2.45, 2.75) is 39.8 Å². The van der Waals surface area contributed by atoms with Gasteiger partial charge in [0.15, 0.2) is 0 Å². The molecule has 0 atom stereocenters. The van der Waals surface area contributed by atoms with E-state index in [1.807, 2.05) is 29.7 Å². The molecule has 0 spiro atoms.